The van der Waals surface area contributed by atoms with Gasteiger partial charge in [-0.15, -0.1) is 16.4 Å². The summed E-state index contributed by atoms with van der Waals surface area (Å²) in [6.07, 6.45) is 0. The van der Waals surface area contributed by atoms with Crippen LogP contribution in [-0.4, -0.2) is 41.3 Å². The van der Waals surface area contributed by atoms with E-state index in [0.717, 1.165) is 11.3 Å². The van der Waals surface area contributed by atoms with Gasteiger partial charge in [-0.25, -0.2) is 4.98 Å². The Labute approximate surface area is 190 Å². The van der Waals surface area contributed by atoms with E-state index >= 15 is 0 Å². The predicted molar refractivity (Wildman–Crippen MR) is 122 cm³/mol. The quantitative estimate of drug-likeness (QED) is 0.244. The smallest absolute Gasteiger partial charge is 0.270 e. The molecule has 0 saturated heterocycles. The molecular formula is C20H17N7O3S2. The van der Waals surface area contributed by atoms with Crippen LogP contribution in [0, 0.1) is 17.0 Å². The molecule has 1 amide bonds. The van der Waals surface area contributed by atoms with Gasteiger partial charge in [0.2, 0.25) is 11.1 Å². The molecule has 0 bridgehead atoms. The van der Waals surface area contributed by atoms with Crippen molar-refractivity contribution in [1.82, 2.24) is 25.2 Å². The fourth-order valence-electron chi connectivity index (χ4n) is 2.87. The Kier molecular flexibility index (Phi) is 6.23. The molecule has 1 atom stereocenters. The second-order valence-corrected chi connectivity index (χ2v) is 8.92. The number of thioether (sulfide) groups is 1. The lowest BCUT2D eigenvalue weighted by molar-refractivity contribution is -0.384. The minimum absolute atomic E-state index is 0.0162. The number of para-hydroxylation sites is 1. The molecule has 2 aromatic carbocycles. The lowest BCUT2D eigenvalue weighted by atomic mass is 10.1. The first kappa shape index (κ1) is 21.6. The summed E-state index contributed by atoms with van der Waals surface area (Å²) in [5.41, 5.74) is 3.00. The zero-order valence-electron chi connectivity index (χ0n) is 17.0. The molecule has 0 fully saturated rings. The van der Waals surface area contributed by atoms with Gasteiger partial charge in [-0.3, -0.25) is 14.9 Å². The third-order valence-corrected chi connectivity index (χ3v) is 6.31. The highest BCUT2D eigenvalue weighted by Gasteiger charge is 2.21. The molecule has 4 aromatic rings. The normalized spacial score (nSPS) is 11.8. The number of nitro benzene ring substituents is 1. The highest BCUT2D eigenvalue weighted by atomic mass is 32.2. The van der Waals surface area contributed by atoms with Gasteiger partial charge in [-0.05, 0) is 35.9 Å². The van der Waals surface area contributed by atoms with E-state index in [1.807, 2.05) is 31.2 Å². The van der Waals surface area contributed by atoms with E-state index in [1.165, 1.54) is 35.2 Å². The molecule has 162 valence electrons. The number of non-ortho nitro benzene ring substituents is 1. The third-order valence-electron chi connectivity index (χ3n) is 4.52. The summed E-state index contributed by atoms with van der Waals surface area (Å²) in [7, 11) is 0. The molecule has 0 aliphatic heterocycles. The zero-order chi connectivity index (χ0) is 22.7. The van der Waals surface area contributed by atoms with Gasteiger partial charge in [-0.2, -0.15) is 4.68 Å². The number of hydrogen-bond donors (Lipinski definition) is 1. The van der Waals surface area contributed by atoms with E-state index in [9.17, 15) is 14.9 Å². The number of anilines is 1. The number of carbonyl (C=O) groups is 1. The second kappa shape index (κ2) is 9.24. The van der Waals surface area contributed by atoms with Crippen molar-refractivity contribution in [3.8, 4) is 16.9 Å². The molecule has 0 saturated carbocycles. The first-order valence-electron chi connectivity index (χ1n) is 9.44. The number of nitrogens with one attached hydrogen (secondary N) is 1. The predicted octanol–water partition coefficient (Wildman–Crippen LogP) is 4.12. The standard InChI is InChI=1S/C20H17N7O3S2/c1-12-6-3-4-9-17(12)26-20(23-24-25-26)32-13(2)18(28)22-19-21-16(11-31-19)14-7-5-8-15(10-14)27(29)30/h3-11,13H,1-2H3,(H,21,22,28)/t13-/m1/s1. The van der Waals surface area contributed by atoms with Crippen LogP contribution in [0.3, 0.4) is 0 Å². The summed E-state index contributed by atoms with van der Waals surface area (Å²) in [5.74, 6) is -0.255. The Balaban J connectivity index is 1.45. The summed E-state index contributed by atoms with van der Waals surface area (Å²) >= 11 is 2.48. The van der Waals surface area contributed by atoms with E-state index in [2.05, 4.69) is 25.8 Å². The van der Waals surface area contributed by atoms with Crippen molar-refractivity contribution in [2.45, 2.75) is 24.3 Å². The summed E-state index contributed by atoms with van der Waals surface area (Å²) in [5, 5.41) is 27.8. The maximum absolute atomic E-state index is 12.7. The van der Waals surface area contributed by atoms with Gasteiger partial charge in [0.15, 0.2) is 5.13 Å². The maximum Gasteiger partial charge on any atom is 0.270 e. The average Bonchev–Trinajstić information content (AvgIpc) is 3.44. The molecule has 0 unspecified atom stereocenters. The first-order valence-corrected chi connectivity index (χ1v) is 11.2. The molecule has 0 aliphatic carbocycles. The number of amides is 1. The number of aromatic nitrogens is 5. The maximum atomic E-state index is 12.7. The number of nitro groups is 1. The molecule has 0 radical (unpaired) electrons. The number of carbonyl (C=O) groups excluding carboxylic acids is 1. The second-order valence-electron chi connectivity index (χ2n) is 6.75. The SMILES string of the molecule is Cc1ccccc1-n1nnnc1S[C@H](C)C(=O)Nc1nc(-c2cccc([N+](=O)[O-])c2)cs1. The Morgan fingerprint density at radius 2 is 2.06 bits per heavy atom. The van der Waals surface area contributed by atoms with Gasteiger partial charge in [0, 0.05) is 23.1 Å². The first-order chi connectivity index (χ1) is 15.4. The van der Waals surface area contributed by atoms with Crippen LogP contribution in [0.4, 0.5) is 10.8 Å². The van der Waals surface area contributed by atoms with Crippen LogP contribution >= 0.6 is 23.1 Å². The van der Waals surface area contributed by atoms with Gasteiger partial charge >= 0.3 is 0 Å². The number of nitrogens with zero attached hydrogens (tertiary/aromatic N) is 6. The number of hydrogen-bond acceptors (Lipinski definition) is 9. The lowest BCUT2D eigenvalue weighted by Gasteiger charge is -2.11. The van der Waals surface area contributed by atoms with Crippen LogP contribution in [0.15, 0.2) is 59.1 Å². The minimum Gasteiger partial charge on any atom is -0.301 e. The summed E-state index contributed by atoms with van der Waals surface area (Å²) in [6, 6.07) is 13.9. The molecule has 2 aromatic heterocycles. The van der Waals surface area contributed by atoms with Gasteiger partial charge in [0.05, 0.1) is 21.6 Å². The third kappa shape index (κ3) is 4.65. The fourth-order valence-corrected chi connectivity index (χ4v) is 4.39. The molecule has 0 aliphatic rings. The molecule has 1 N–H and O–H groups in total. The summed E-state index contributed by atoms with van der Waals surface area (Å²) in [6.45, 7) is 3.72. The van der Waals surface area contributed by atoms with Crippen LogP contribution in [0.5, 0.6) is 0 Å². The highest BCUT2D eigenvalue weighted by Crippen LogP contribution is 2.29. The lowest BCUT2D eigenvalue weighted by Crippen LogP contribution is -2.22. The Morgan fingerprint density at radius 3 is 2.84 bits per heavy atom. The Morgan fingerprint density at radius 1 is 1.25 bits per heavy atom. The zero-order valence-corrected chi connectivity index (χ0v) is 18.6. The van der Waals surface area contributed by atoms with Crippen LogP contribution in [0.25, 0.3) is 16.9 Å². The molecule has 4 rings (SSSR count). The van der Waals surface area contributed by atoms with Crippen LogP contribution in [0.2, 0.25) is 0 Å². The topological polar surface area (TPSA) is 129 Å². The van der Waals surface area contributed by atoms with E-state index in [0.29, 0.717) is 21.5 Å². The number of benzene rings is 2. The fraction of sp³-hybridized carbons (Fsp3) is 0.150. The number of thiazole rings is 1. The molecular weight excluding hydrogens is 450 g/mol. The van der Waals surface area contributed by atoms with Crippen LogP contribution in [-0.2, 0) is 4.79 Å². The molecule has 0 spiro atoms. The number of rotatable bonds is 7. The van der Waals surface area contributed by atoms with Crippen molar-refractivity contribution < 1.29 is 9.72 Å². The average molecular weight is 468 g/mol. The Bertz CT molecular complexity index is 1290. The van der Waals surface area contributed by atoms with Crippen molar-refractivity contribution in [3.63, 3.8) is 0 Å². The largest absolute Gasteiger partial charge is 0.301 e. The molecule has 32 heavy (non-hydrogen) atoms. The van der Waals surface area contributed by atoms with Gasteiger partial charge in [-0.1, -0.05) is 42.1 Å². The minimum atomic E-state index is -0.492. The molecule has 12 heteroatoms. The Hall–Kier alpha value is -3.64. The van der Waals surface area contributed by atoms with Crippen LogP contribution < -0.4 is 5.32 Å². The summed E-state index contributed by atoms with van der Waals surface area (Å²) < 4.78 is 1.60. The molecule has 10 nitrogen and oxygen atoms in total. The number of tetrazole rings is 1. The van der Waals surface area contributed by atoms with E-state index in [4.69, 9.17) is 0 Å². The van der Waals surface area contributed by atoms with Crippen molar-refractivity contribution >= 4 is 39.8 Å². The van der Waals surface area contributed by atoms with E-state index < -0.39 is 10.2 Å². The van der Waals surface area contributed by atoms with Crippen molar-refractivity contribution in [3.05, 3.63) is 69.6 Å². The van der Waals surface area contributed by atoms with Crippen LogP contribution in [0.1, 0.15) is 12.5 Å². The van der Waals surface area contributed by atoms with E-state index in [-0.39, 0.29) is 11.6 Å². The van der Waals surface area contributed by atoms with Gasteiger partial charge in [0.1, 0.15) is 0 Å². The number of aryl methyl sites for hydroxylation is 1. The van der Waals surface area contributed by atoms with Gasteiger partial charge in [0.25, 0.3) is 5.69 Å². The highest BCUT2D eigenvalue weighted by molar-refractivity contribution is 8.00. The monoisotopic (exact) mass is 467 g/mol. The van der Waals surface area contributed by atoms with Crippen molar-refractivity contribution in [1.29, 1.82) is 0 Å². The van der Waals surface area contributed by atoms with Gasteiger partial charge < -0.3 is 5.32 Å². The summed E-state index contributed by atoms with van der Waals surface area (Å²) in [4.78, 5) is 27.6. The van der Waals surface area contributed by atoms with Crippen molar-refractivity contribution in [2.24, 2.45) is 0 Å². The van der Waals surface area contributed by atoms with E-state index in [1.54, 1.807) is 29.1 Å². The molecule has 2 heterocycles. The van der Waals surface area contributed by atoms with Crippen molar-refractivity contribution in [2.75, 3.05) is 5.32 Å².